The fourth-order valence-corrected chi connectivity index (χ4v) is 2.45. The van der Waals surface area contributed by atoms with Crippen LogP contribution in [0.3, 0.4) is 0 Å². The zero-order valence-corrected chi connectivity index (χ0v) is 12.3. The van der Waals surface area contributed by atoms with E-state index in [1.165, 1.54) is 12.8 Å². The van der Waals surface area contributed by atoms with Gasteiger partial charge >= 0.3 is 0 Å². The molecule has 112 valence electrons. The standard InChI is InChI=1S/C14H24N4O2/c1-17(8-3-5-12-6-4-10-20-12)11-14(19)15-13-7-9-18(2)16-13/h7,9,12H,3-6,8,10-11H2,1-2H3,(H,15,16,19)/t12-/m0/s1. The lowest BCUT2D eigenvalue weighted by molar-refractivity contribution is -0.117. The fraction of sp³-hybridized carbons (Fsp3) is 0.714. The molecular weight excluding hydrogens is 256 g/mol. The molecule has 0 unspecified atom stereocenters. The molecule has 1 aromatic rings. The minimum Gasteiger partial charge on any atom is -0.378 e. The van der Waals surface area contributed by atoms with Crippen LogP contribution in [0.15, 0.2) is 12.3 Å². The van der Waals surface area contributed by atoms with Gasteiger partial charge in [-0.2, -0.15) is 5.10 Å². The van der Waals surface area contributed by atoms with Gasteiger partial charge in [-0.15, -0.1) is 0 Å². The van der Waals surface area contributed by atoms with E-state index in [1.54, 1.807) is 16.9 Å². The summed E-state index contributed by atoms with van der Waals surface area (Å²) in [6, 6.07) is 1.79. The van der Waals surface area contributed by atoms with Crippen molar-refractivity contribution in [2.75, 3.05) is 32.1 Å². The van der Waals surface area contributed by atoms with E-state index in [-0.39, 0.29) is 5.91 Å². The first-order valence-corrected chi connectivity index (χ1v) is 7.23. The summed E-state index contributed by atoms with van der Waals surface area (Å²) >= 11 is 0. The number of aromatic nitrogens is 2. The maximum absolute atomic E-state index is 11.8. The summed E-state index contributed by atoms with van der Waals surface area (Å²) in [5, 5.41) is 6.91. The number of likely N-dealkylation sites (N-methyl/N-ethyl adjacent to an activating group) is 1. The van der Waals surface area contributed by atoms with Crippen LogP contribution in [0, 0.1) is 0 Å². The highest BCUT2D eigenvalue weighted by Gasteiger charge is 2.15. The van der Waals surface area contributed by atoms with Gasteiger partial charge in [0.05, 0.1) is 12.6 Å². The molecule has 1 aliphatic rings. The molecule has 0 saturated carbocycles. The Labute approximate surface area is 120 Å². The highest BCUT2D eigenvalue weighted by Crippen LogP contribution is 2.16. The Kier molecular flexibility index (Phi) is 5.55. The number of ether oxygens (including phenoxy) is 1. The third kappa shape index (κ3) is 4.94. The lowest BCUT2D eigenvalue weighted by Crippen LogP contribution is -2.31. The minimum absolute atomic E-state index is 0.0247. The van der Waals surface area contributed by atoms with Gasteiger partial charge in [-0.05, 0) is 39.3 Å². The van der Waals surface area contributed by atoms with Crippen LogP contribution in [0.5, 0.6) is 0 Å². The molecule has 2 rings (SSSR count). The maximum Gasteiger partial charge on any atom is 0.239 e. The number of anilines is 1. The van der Waals surface area contributed by atoms with Gasteiger partial charge < -0.3 is 10.1 Å². The SMILES string of the molecule is CN(CCC[C@H]1CCCO1)CC(=O)Nc1ccn(C)n1. The molecule has 0 radical (unpaired) electrons. The van der Waals surface area contributed by atoms with Crippen LogP contribution in [0.25, 0.3) is 0 Å². The van der Waals surface area contributed by atoms with E-state index < -0.39 is 0 Å². The third-order valence-electron chi connectivity index (χ3n) is 3.48. The van der Waals surface area contributed by atoms with E-state index in [0.29, 0.717) is 18.5 Å². The smallest absolute Gasteiger partial charge is 0.239 e. The first-order valence-electron chi connectivity index (χ1n) is 7.23. The van der Waals surface area contributed by atoms with Crippen molar-refractivity contribution in [1.29, 1.82) is 0 Å². The largest absolute Gasteiger partial charge is 0.378 e. The van der Waals surface area contributed by atoms with Crippen molar-refractivity contribution in [2.45, 2.75) is 31.8 Å². The van der Waals surface area contributed by atoms with E-state index in [2.05, 4.69) is 10.4 Å². The number of nitrogens with one attached hydrogen (secondary N) is 1. The molecular formula is C14H24N4O2. The summed E-state index contributed by atoms with van der Waals surface area (Å²) < 4.78 is 7.26. The number of aryl methyl sites for hydroxylation is 1. The predicted molar refractivity (Wildman–Crippen MR) is 77.5 cm³/mol. The van der Waals surface area contributed by atoms with Crippen molar-refractivity contribution in [2.24, 2.45) is 7.05 Å². The number of amides is 1. The van der Waals surface area contributed by atoms with Crippen LogP contribution < -0.4 is 5.32 Å². The van der Waals surface area contributed by atoms with Gasteiger partial charge in [0.25, 0.3) is 0 Å². The molecule has 1 saturated heterocycles. The summed E-state index contributed by atoms with van der Waals surface area (Å²) in [5.74, 6) is 0.577. The molecule has 0 bridgehead atoms. The monoisotopic (exact) mass is 280 g/mol. The molecule has 0 aromatic carbocycles. The van der Waals surface area contributed by atoms with E-state index in [0.717, 1.165) is 26.0 Å². The number of hydrogen-bond donors (Lipinski definition) is 1. The molecule has 1 atom stereocenters. The van der Waals surface area contributed by atoms with Gasteiger partial charge in [-0.3, -0.25) is 14.4 Å². The maximum atomic E-state index is 11.8. The van der Waals surface area contributed by atoms with Gasteiger partial charge in [0, 0.05) is 25.9 Å². The Morgan fingerprint density at radius 2 is 2.50 bits per heavy atom. The fourth-order valence-electron chi connectivity index (χ4n) is 2.45. The Morgan fingerprint density at radius 1 is 1.65 bits per heavy atom. The summed E-state index contributed by atoms with van der Waals surface area (Å²) in [6.07, 6.45) is 6.77. The van der Waals surface area contributed by atoms with Crippen molar-refractivity contribution >= 4 is 11.7 Å². The molecule has 1 fully saturated rings. The summed E-state index contributed by atoms with van der Waals surface area (Å²) in [7, 11) is 3.79. The zero-order valence-electron chi connectivity index (χ0n) is 12.3. The third-order valence-corrected chi connectivity index (χ3v) is 3.48. The molecule has 1 N–H and O–H groups in total. The topological polar surface area (TPSA) is 59.4 Å². The van der Waals surface area contributed by atoms with Crippen LogP contribution in [-0.2, 0) is 16.6 Å². The van der Waals surface area contributed by atoms with Crippen molar-refractivity contribution in [3.05, 3.63) is 12.3 Å². The van der Waals surface area contributed by atoms with Crippen LogP contribution in [0.1, 0.15) is 25.7 Å². The molecule has 6 heteroatoms. The van der Waals surface area contributed by atoms with Gasteiger partial charge in [0.1, 0.15) is 0 Å². The molecule has 1 aromatic heterocycles. The highest BCUT2D eigenvalue weighted by molar-refractivity contribution is 5.91. The molecule has 1 amide bonds. The van der Waals surface area contributed by atoms with Crippen LogP contribution >= 0.6 is 0 Å². The molecule has 0 aliphatic carbocycles. The summed E-state index contributed by atoms with van der Waals surface area (Å²) in [6.45, 7) is 2.21. The first kappa shape index (κ1) is 15.0. The van der Waals surface area contributed by atoms with Gasteiger partial charge in [-0.25, -0.2) is 0 Å². The molecule has 6 nitrogen and oxygen atoms in total. The summed E-state index contributed by atoms with van der Waals surface area (Å²) in [5.41, 5.74) is 0. The number of carbonyl (C=O) groups excluding carboxylic acids is 1. The van der Waals surface area contributed by atoms with E-state index in [9.17, 15) is 4.79 Å². The van der Waals surface area contributed by atoms with E-state index >= 15 is 0 Å². The summed E-state index contributed by atoms with van der Waals surface area (Å²) in [4.78, 5) is 13.9. The Balaban J connectivity index is 1.60. The van der Waals surface area contributed by atoms with Gasteiger partial charge in [-0.1, -0.05) is 0 Å². The highest BCUT2D eigenvalue weighted by atomic mass is 16.5. The van der Waals surface area contributed by atoms with Crippen molar-refractivity contribution in [3.8, 4) is 0 Å². The first-order chi connectivity index (χ1) is 9.63. The lowest BCUT2D eigenvalue weighted by atomic mass is 10.1. The van der Waals surface area contributed by atoms with Crippen LogP contribution in [0.4, 0.5) is 5.82 Å². The van der Waals surface area contributed by atoms with E-state index in [1.807, 2.05) is 19.0 Å². The Hall–Kier alpha value is -1.40. The average molecular weight is 280 g/mol. The second-order valence-electron chi connectivity index (χ2n) is 5.44. The van der Waals surface area contributed by atoms with Crippen LogP contribution in [0.2, 0.25) is 0 Å². The number of hydrogen-bond acceptors (Lipinski definition) is 4. The molecule has 20 heavy (non-hydrogen) atoms. The Bertz CT molecular complexity index is 427. The lowest BCUT2D eigenvalue weighted by Gasteiger charge is -2.17. The van der Waals surface area contributed by atoms with Crippen molar-refractivity contribution < 1.29 is 9.53 Å². The molecule has 1 aliphatic heterocycles. The normalized spacial score (nSPS) is 18.6. The predicted octanol–water partition coefficient (Wildman–Crippen LogP) is 1.25. The van der Waals surface area contributed by atoms with Crippen molar-refractivity contribution in [3.63, 3.8) is 0 Å². The molecule has 0 spiro atoms. The molecule has 2 heterocycles. The van der Waals surface area contributed by atoms with E-state index in [4.69, 9.17) is 4.74 Å². The number of rotatable bonds is 7. The second-order valence-corrected chi connectivity index (χ2v) is 5.44. The number of carbonyl (C=O) groups is 1. The van der Waals surface area contributed by atoms with Gasteiger partial charge in [0.2, 0.25) is 5.91 Å². The Morgan fingerprint density at radius 3 is 3.15 bits per heavy atom. The van der Waals surface area contributed by atoms with Crippen LogP contribution in [-0.4, -0.2) is 53.4 Å². The van der Waals surface area contributed by atoms with Crippen molar-refractivity contribution in [1.82, 2.24) is 14.7 Å². The van der Waals surface area contributed by atoms with Gasteiger partial charge in [0.15, 0.2) is 5.82 Å². The quantitative estimate of drug-likeness (QED) is 0.816. The zero-order chi connectivity index (χ0) is 14.4. The average Bonchev–Trinajstić information content (AvgIpc) is 3.01. The second kappa shape index (κ2) is 7.40. The number of nitrogens with zero attached hydrogens (tertiary/aromatic N) is 3. The minimum atomic E-state index is -0.0247.